The maximum Gasteiger partial charge on any atom is 0.0366 e. The van der Waals surface area contributed by atoms with Crippen molar-refractivity contribution < 1.29 is 0 Å². The summed E-state index contributed by atoms with van der Waals surface area (Å²) in [7, 11) is 2.16. The SMILES string of the molecule is CCCCN(CCC1(NC)CCCCC1)c1ccccc1. The average molecular weight is 288 g/mol. The Balaban J connectivity index is 1.97. The van der Waals surface area contributed by atoms with Gasteiger partial charge in [-0.2, -0.15) is 0 Å². The highest BCUT2D eigenvalue weighted by Gasteiger charge is 2.30. The number of hydrogen-bond donors (Lipinski definition) is 1. The van der Waals surface area contributed by atoms with Crippen LogP contribution in [0.3, 0.4) is 0 Å². The topological polar surface area (TPSA) is 15.3 Å². The molecule has 0 bridgehead atoms. The molecule has 1 fully saturated rings. The molecule has 1 aliphatic carbocycles. The molecule has 118 valence electrons. The number of unbranched alkanes of at least 4 members (excludes halogenated alkanes) is 1. The monoisotopic (exact) mass is 288 g/mol. The van der Waals surface area contributed by atoms with Crippen molar-refractivity contribution in [3.63, 3.8) is 0 Å². The van der Waals surface area contributed by atoms with Crippen LogP contribution in [-0.2, 0) is 0 Å². The Morgan fingerprint density at radius 3 is 2.38 bits per heavy atom. The molecule has 0 heterocycles. The second kappa shape index (κ2) is 8.43. The van der Waals surface area contributed by atoms with Crippen molar-refractivity contribution in [2.75, 3.05) is 25.0 Å². The van der Waals surface area contributed by atoms with Crippen molar-refractivity contribution in [2.24, 2.45) is 0 Å². The van der Waals surface area contributed by atoms with E-state index in [2.05, 4.69) is 54.5 Å². The smallest absolute Gasteiger partial charge is 0.0366 e. The van der Waals surface area contributed by atoms with Crippen molar-refractivity contribution in [3.05, 3.63) is 30.3 Å². The first-order valence-corrected chi connectivity index (χ1v) is 8.78. The summed E-state index contributed by atoms with van der Waals surface area (Å²) in [5.74, 6) is 0. The number of rotatable bonds is 8. The molecule has 0 amide bonds. The molecular weight excluding hydrogens is 256 g/mol. The van der Waals surface area contributed by atoms with Crippen LogP contribution in [0.15, 0.2) is 30.3 Å². The first-order chi connectivity index (χ1) is 10.3. The van der Waals surface area contributed by atoms with Crippen molar-refractivity contribution in [1.29, 1.82) is 0 Å². The number of nitrogens with one attached hydrogen (secondary N) is 1. The molecule has 0 radical (unpaired) electrons. The van der Waals surface area contributed by atoms with Crippen LogP contribution in [0, 0.1) is 0 Å². The zero-order valence-corrected chi connectivity index (χ0v) is 13.9. The van der Waals surface area contributed by atoms with E-state index < -0.39 is 0 Å². The molecule has 1 saturated carbocycles. The molecule has 2 heteroatoms. The Labute approximate surface area is 130 Å². The molecule has 0 spiro atoms. The van der Waals surface area contributed by atoms with Crippen LogP contribution < -0.4 is 10.2 Å². The minimum atomic E-state index is 0.386. The lowest BCUT2D eigenvalue weighted by Crippen LogP contribution is -2.47. The lowest BCUT2D eigenvalue weighted by atomic mass is 9.79. The molecule has 0 aliphatic heterocycles. The van der Waals surface area contributed by atoms with Crippen LogP contribution in [0.2, 0.25) is 0 Å². The Morgan fingerprint density at radius 1 is 1.05 bits per heavy atom. The van der Waals surface area contributed by atoms with Gasteiger partial charge >= 0.3 is 0 Å². The van der Waals surface area contributed by atoms with E-state index in [0.717, 1.165) is 0 Å². The van der Waals surface area contributed by atoms with Crippen LogP contribution in [0.5, 0.6) is 0 Å². The molecule has 2 rings (SSSR count). The fourth-order valence-electron chi connectivity index (χ4n) is 3.56. The highest BCUT2D eigenvalue weighted by molar-refractivity contribution is 5.45. The van der Waals surface area contributed by atoms with Gasteiger partial charge in [0.25, 0.3) is 0 Å². The largest absolute Gasteiger partial charge is 0.371 e. The highest BCUT2D eigenvalue weighted by Crippen LogP contribution is 2.31. The van der Waals surface area contributed by atoms with E-state index in [4.69, 9.17) is 0 Å². The Morgan fingerprint density at radius 2 is 1.76 bits per heavy atom. The van der Waals surface area contributed by atoms with Crippen LogP contribution in [-0.4, -0.2) is 25.7 Å². The van der Waals surface area contributed by atoms with E-state index in [1.807, 2.05) is 0 Å². The summed E-state index contributed by atoms with van der Waals surface area (Å²) >= 11 is 0. The van der Waals surface area contributed by atoms with E-state index in [9.17, 15) is 0 Å². The van der Waals surface area contributed by atoms with Crippen molar-refractivity contribution in [3.8, 4) is 0 Å². The van der Waals surface area contributed by atoms with Crippen LogP contribution >= 0.6 is 0 Å². The fraction of sp³-hybridized carbons (Fsp3) is 0.684. The van der Waals surface area contributed by atoms with Gasteiger partial charge in [-0.05, 0) is 44.9 Å². The number of anilines is 1. The lowest BCUT2D eigenvalue weighted by molar-refractivity contribution is 0.232. The highest BCUT2D eigenvalue weighted by atomic mass is 15.1. The van der Waals surface area contributed by atoms with Gasteiger partial charge in [-0.15, -0.1) is 0 Å². The standard InChI is InChI=1S/C19H32N2/c1-3-4-16-21(18-11-7-5-8-12-18)17-15-19(20-2)13-9-6-10-14-19/h5,7-8,11-12,20H,3-4,6,9-10,13-17H2,1-2H3. The minimum absolute atomic E-state index is 0.386. The molecule has 0 saturated heterocycles. The van der Waals surface area contributed by atoms with Gasteiger partial charge in [0.2, 0.25) is 0 Å². The first kappa shape index (κ1) is 16.4. The van der Waals surface area contributed by atoms with Gasteiger partial charge in [0, 0.05) is 24.3 Å². The zero-order valence-electron chi connectivity index (χ0n) is 13.9. The van der Waals surface area contributed by atoms with E-state index >= 15 is 0 Å². The number of hydrogen-bond acceptors (Lipinski definition) is 2. The maximum absolute atomic E-state index is 3.65. The molecule has 1 aliphatic rings. The van der Waals surface area contributed by atoms with Gasteiger partial charge < -0.3 is 10.2 Å². The third-order valence-corrected chi connectivity index (χ3v) is 5.10. The normalized spacial score (nSPS) is 17.6. The third kappa shape index (κ3) is 4.74. The quantitative estimate of drug-likeness (QED) is 0.751. The van der Waals surface area contributed by atoms with Crippen molar-refractivity contribution in [2.45, 2.75) is 63.8 Å². The summed E-state index contributed by atoms with van der Waals surface area (Å²) in [5, 5.41) is 3.65. The molecular formula is C19H32N2. The van der Waals surface area contributed by atoms with Crippen molar-refractivity contribution in [1.82, 2.24) is 5.32 Å². The molecule has 0 atom stereocenters. The minimum Gasteiger partial charge on any atom is -0.371 e. The molecule has 2 nitrogen and oxygen atoms in total. The second-order valence-corrected chi connectivity index (χ2v) is 6.52. The summed E-state index contributed by atoms with van der Waals surface area (Å²) in [6.45, 7) is 4.63. The number of nitrogens with zero attached hydrogens (tertiary/aromatic N) is 1. The number of benzene rings is 1. The Kier molecular flexibility index (Phi) is 6.56. The molecule has 21 heavy (non-hydrogen) atoms. The Hall–Kier alpha value is -1.02. The first-order valence-electron chi connectivity index (χ1n) is 8.78. The molecule has 0 unspecified atom stereocenters. The van der Waals surface area contributed by atoms with Gasteiger partial charge in [-0.3, -0.25) is 0 Å². The molecule has 1 aromatic rings. The van der Waals surface area contributed by atoms with E-state index in [1.54, 1.807) is 0 Å². The lowest BCUT2D eigenvalue weighted by Gasteiger charge is -2.39. The maximum atomic E-state index is 3.65. The zero-order chi connectivity index (χ0) is 15.0. The second-order valence-electron chi connectivity index (χ2n) is 6.52. The van der Waals surface area contributed by atoms with Gasteiger partial charge in [0.05, 0.1) is 0 Å². The summed E-state index contributed by atoms with van der Waals surface area (Å²) in [5.41, 5.74) is 1.77. The predicted octanol–water partition coefficient (Wildman–Crippen LogP) is 4.61. The van der Waals surface area contributed by atoms with Gasteiger partial charge in [0.1, 0.15) is 0 Å². The van der Waals surface area contributed by atoms with Gasteiger partial charge in [-0.1, -0.05) is 50.8 Å². The fourth-order valence-corrected chi connectivity index (χ4v) is 3.56. The van der Waals surface area contributed by atoms with Gasteiger partial charge in [-0.25, -0.2) is 0 Å². The van der Waals surface area contributed by atoms with Crippen LogP contribution in [0.4, 0.5) is 5.69 Å². The average Bonchev–Trinajstić information content (AvgIpc) is 2.56. The molecule has 1 N–H and O–H groups in total. The third-order valence-electron chi connectivity index (χ3n) is 5.10. The molecule has 1 aromatic carbocycles. The van der Waals surface area contributed by atoms with E-state index in [-0.39, 0.29) is 0 Å². The van der Waals surface area contributed by atoms with Crippen LogP contribution in [0.25, 0.3) is 0 Å². The summed E-state index contributed by atoms with van der Waals surface area (Å²) in [6.07, 6.45) is 10.7. The van der Waals surface area contributed by atoms with E-state index in [0.29, 0.717) is 5.54 Å². The summed E-state index contributed by atoms with van der Waals surface area (Å²) in [4.78, 5) is 2.58. The van der Waals surface area contributed by atoms with Crippen LogP contribution in [0.1, 0.15) is 58.3 Å². The van der Waals surface area contributed by atoms with Gasteiger partial charge in [0.15, 0.2) is 0 Å². The van der Waals surface area contributed by atoms with E-state index in [1.165, 1.54) is 70.1 Å². The number of para-hydroxylation sites is 1. The summed E-state index contributed by atoms with van der Waals surface area (Å²) in [6, 6.07) is 10.9. The van der Waals surface area contributed by atoms with Crippen molar-refractivity contribution >= 4 is 5.69 Å². The summed E-state index contributed by atoms with van der Waals surface area (Å²) < 4.78 is 0. The Bertz CT molecular complexity index is 382. The predicted molar refractivity (Wildman–Crippen MR) is 93.1 cm³/mol. The molecule has 0 aromatic heterocycles.